The van der Waals surface area contributed by atoms with Crippen molar-refractivity contribution in [2.24, 2.45) is 0 Å². The predicted octanol–water partition coefficient (Wildman–Crippen LogP) is 3.67. The highest BCUT2D eigenvalue weighted by Crippen LogP contribution is 2.39. The van der Waals surface area contributed by atoms with E-state index in [-0.39, 0.29) is 6.04 Å². The maximum atomic E-state index is 13.5. The molecule has 3 aliphatic rings. The number of benzene rings is 1. The van der Waals surface area contributed by atoms with E-state index in [9.17, 15) is 14.4 Å². The lowest BCUT2D eigenvalue weighted by Gasteiger charge is -2.39. The largest absolute Gasteiger partial charge is 0.475 e. The molecular formula is C31H34FN7O2. The van der Waals surface area contributed by atoms with Crippen molar-refractivity contribution in [3.05, 3.63) is 65.9 Å². The van der Waals surface area contributed by atoms with Gasteiger partial charge in [0.1, 0.15) is 18.2 Å². The number of ether oxygens (including phenoxy) is 1. The minimum Gasteiger partial charge on any atom is -0.475 e. The summed E-state index contributed by atoms with van der Waals surface area (Å²) in [5, 5.41) is 12.6. The van der Waals surface area contributed by atoms with Crippen LogP contribution < -0.4 is 14.5 Å². The van der Waals surface area contributed by atoms with Gasteiger partial charge >= 0.3 is 0 Å². The molecule has 41 heavy (non-hydrogen) atoms. The summed E-state index contributed by atoms with van der Waals surface area (Å²) in [4.78, 5) is 29.7. The number of amides is 1. The third kappa shape index (κ3) is 5.18. The molecular weight excluding hydrogens is 521 g/mol. The van der Waals surface area contributed by atoms with Crippen molar-refractivity contribution in [1.82, 2.24) is 19.8 Å². The number of likely N-dealkylation sites (N-methyl/N-ethyl adjacent to an activating group) is 1. The zero-order chi connectivity index (χ0) is 28.5. The highest BCUT2D eigenvalue weighted by molar-refractivity contribution is 5.94. The molecule has 9 nitrogen and oxygen atoms in total. The van der Waals surface area contributed by atoms with Crippen molar-refractivity contribution in [1.29, 1.82) is 5.26 Å². The Hall–Kier alpha value is -4.23. The Labute approximate surface area is 239 Å². The Balaban J connectivity index is 1.36. The van der Waals surface area contributed by atoms with Crippen LogP contribution in [0.4, 0.5) is 15.8 Å². The van der Waals surface area contributed by atoms with Crippen molar-refractivity contribution in [3.8, 4) is 11.9 Å². The van der Waals surface area contributed by atoms with Gasteiger partial charge in [-0.1, -0.05) is 18.7 Å². The number of carbonyl (C=O) groups is 1. The normalized spacial score (nSPS) is 19.2. The summed E-state index contributed by atoms with van der Waals surface area (Å²) in [7, 11) is 2.10. The monoisotopic (exact) mass is 555 g/mol. The average Bonchev–Trinajstić information content (AvgIpc) is 3.42. The van der Waals surface area contributed by atoms with Crippen LogP contribution in [0, 0.1) is 11.3 Å². The number of rotatable bonds is 6. The maximum absolute atomic E-state index is 13.5. The molecule has 1 unspecified atom stereocenters. The van der Waals surface area contributed by atoms with Gasteiger partial charge in [0.2, 0.25) is 5.88 Å². The fraction of sp³-hybridized carbons (Fsp3) is 0.419. The van der Waals surface area contributed by atoms with Crippen LogP contribution >= 0.6 is 0 Å². The van der Waals surface area contributed by atoms with E-state index in [2.05, 4.69) is 51.5 Å². The van der Waals surface area contributed by atoms with Crippen molar-refractivity contribution in [3.63, 3.8) is 0 Å². The SMILES string of the molecule is C=C(F)C(=O)N1CCN(c2c(C#N)c(OCC3CCCN3C)nc3c2CCN(c2cccc4cnccc24)C3)CC1. The minimum absolute atomic E-state index is 0.284. The van der Waals surface area contributed by atoms with Gasteiger partial charge in [0.15, 0.2) is 5.83 Å². The molecule has 10 heteroatoms. The van der Waals surface area contributed by atoms with Crippen LogP contribution in [0.25, 0.3) is 10.8 Å². The molecule has 0 bridgehead atoms. The fourth-order valence-corrected chi connectivity index (χ4v) is 6.35. The van der Waals surface area contributed by atoms with Crippen molar-refractivity contribution in [2.75, 3.05) is 62.7 Å². The zero-order valence-electron chi connectivity index (χ0n) is 23.4. The molecule has 2 aromatic heterocycles. The summed E-state index contributed by atoms with van der Waals surface area (Å²) in [6, 6.07) is 11.0. The van der Waals surface area contributed by atoms with Gasteiger partial charge in [-0.05, 0) is 45.0 Å². The molecule has 0 N–H and O–H groups in total. The quantitative estimate of drug-likeness (QED) is 0.426. The Bertz CT molecular complexity index is 1520. The number of nitrogens with zero attached hydrogens (tertiary/aromatic N) is 7. The Kier molecular flexibility index (Phi) is 7.45. The van der Waals surface area contributed by atoms with Gasteiger partial charge in [0.05, 0.1) is 17.9 Å². The first-order chi connectivity index (χ1) is 19.9. The summed E-state index contributed by atoms with van der Waals surface area (Å²) in [6.45, 7) is 7.67. The molecule has 1 amide bonds. The maximum Gasteiger partial charge on any atom is 0.282 e. The van der Waals surface area contributed by atoms with E-state index in [4.69, 9.17) is 9.72 Å². The number of fused-ring (bicyclic) bond motifs is 2. The molecule has 0 aliphatic carbocycles. The Morgan fingerprint density at radius 1 is 1.17 bits per heavy atom. The number of hydrogen-bond donors (Lipinski definition) is 0. The van der Waals surface area contributed by atoms with Crippen LogP contribution in [0.3, 0.4) is 0 Å². The molecule has 2 saturated heterocycles. The summed E-state index contributed by atoms with van der Waals surface area (Å²) in [6.07, 6.45) is 6.58. The molecule has 2 fully saturated rings. The lowest BCUT2D eigenvalue weighted by atomic mass is 9.97. The number of piperazine rings is 1. The minimum atomic E-state index is -0.950. The van der Waals surface area contributed by atoms with Crippen LogP contribution in [-0.4, -0.2) is 84.6 Å². The highest BCUT2D eigenvalue weighted by Gasteiger charge is 2.32. The number of anilines is 2. The lowest BCUT2D eigenvalue weighted by molar-refractivity contribution is -0.128. The molecule has 1 aromatic carbocycles. The van der Waals surface area contributed by atoms with Crippen molar-refractivity contribution in [2.45, 2.75) is 31.8 Å². The second-order valence-electron chi connectivity index (χ2n) is 11.0. The summed E-state index contributed by atoms with van der Waals surface area (Å²) in [5.41, 5.74) is 4.32. The smallest absolute Gasteiger partial charge is 0.282 e. The van der Waals surface area contributed by atoms with E-state index < -0.39 is 11.7 Å². The standard InChI is InChI=1S/C31H34FN7O2/c1-21(32)31(40)38-15-13-37(14-16-38)29-25-9-12-39(28-7-3-5-22-18-34-10-8-24(22)28)19-27(25)35-30(26(29)17-33)41-20-23-6-4-11-36(23)2/h3,5,7-8,10,18,23H,1,4,6,9,11-16,19-20H2,2H3. The third-order valence-corrected chi connectivity index (χ3v) is 8.60. The highest BCUT2D eigenvalue weighted by atomic mass is 19.1. The number of aromatic nitrogens is 2. The third-order valence-electron chi connectivity index (χ3n) is 8.60. The Morgan fingerprint density at radius 2 is 2.00 bits per heavy atom. The summed E-state index contributed by atoms with van der Waals surface area (Å²) in [5.74, 6) is -1.26. The molecule has 0 spiro atoms. The van der Waals surface area contributed by atoms with E-state index in [1.165, 1.54) is 4.90 Å². The second kappa shape index (κ2) is 11.3. The molecule has 0 saturated carbocycles. The van der Waals surface area contributed by atoms with E-state index >= 15 is 0 Å². The van der Waals surface area contributed by atoms with E-state index in [1.54, 1.807) is 0 Å². The van der Waals surface area contributed by atoms with Gasteiger partial charge in [-0.2, -0.15) is 5.26 Å². The number of carbonyl (C=O) groups excluding carboxylic acids is 1. The van der Waals surface area contributed by atoms with Crippen LogP contribution in [0.15, 0.2) is 49.1 Å². The topological polar surface area (TPSA) is 88.8 Å². The first kappa shape index (κ1) is 27.0. The molecule has 5 heterocycles. The van der Waals surface area contributed by atoms with Gasteiger partial charge in [-0.3, -0.25) is 9.78 Å². The number of halogens is 1. The van der Waals surface area contributed by atoms with Gasteiger partial charge in [0.25, 0.3) is 5.91 Å². The van der Waals surface area contributed by atoms with E-state index in [1.807, 2.05) is 24.5 Å². The molecule has 6 rings (SSSR count). The number of hydrogen-bond acceptors (Lipinski definition) is 8. The average molecular weight is 556 g/mol. The van der Waals surface area contributed by atoms with Crippen molar-refractivity contribution < 1.29 is 13.9 Å². The molecule has 3 aromatic rings. The number of likely N-dealkylation sites (tertiary alicyclic amines) is 1. The zero-order valence-corrected chi connectivity index (χ0v) is 23.4. The van der Waals surface area contributed by atoms with Crippen LogP contribution in [0.1, 0.15) is 29.7 Å². The first-order valence-electron chi connectivity index (χ1n) is 14.2. The van der Waals surface area contributed by atoms with Gasteiger partial charge in [-0.15, -0.1) is 0 Å². The fourth-order valence-electron chi connectivity index (χ4n) is 6.35. The second-order valence-corrected chi connectivity index (χ2v) is 11.0. The van der Waals surface area contributed by atoms with Crippen LogP contribution in [0.2, 0.25) is 0 Å². The molecule has 3 aliphatic heterocycles. The van der Waals surface area contributed by atoms with Gasteiger partial charge in [0, 0.05) is 73.2 Å². The van der Waals surface area contributed by atoms with Gasteiger partial charge < -0.3 is 24.3 Å². The Morgan fingerprint density at radius 3 is 2.73 bits per heavy atom. The predicted molar refractivity (Wildman–Crippen MR) is 156 cm³/mol. The number of pyridine rings is 2. The number of nitriles is 1. The molecule has 0 radical (unpaired) electrons. The van der Waals surface area contributed by atoms with E-state index in [0.717, 1.165) is 59.3 Å². The molecule has 1 atom stereocenters. The van der Waals surface area contributed by atoms with E-state index in [0.29, 0.717) is 57.2 Å². The van der Waals surface area contributed by atoms with Gasteiger partial charge in [-0.25, -0.2) is 9.37 Å². The first-order valence-corrected chi connectivity index (χ1v) is 14.2. The summed E-state index contributed by atoms with van der Waals surface area (Å²) >= 11 is 0. The lowest BCUT2D eigenvalue weighted by Crippen LogP contribution is -2.49. The van der Waals surface area contributed by atoms with Crippen molar-refractivity contribution >= 4 is 28.1 Å². The van der Waals surface area contributed by atoms with Crippen LogP contribution in [-0.2, 0) is 17.8 Å². The van der Waals surface area contributed by atoms with Crippen LogP contribution in [0.5, 0.6) is 5.88 Å². The summed E-state index contributed by atoms with van der Waals surface area (Å²) < 4.78 is 19.9. The molecule has 212 valence electrons.